The molecule has 0 saturated heterocycles. The zero-order valence-corrected chi connectivity index (χ0v) is 28.9. The van der Waals surface area contributed by atoms with Crippen LogP contribution in [-0.4, -0.2) is 65.9 Å². The molecule has 0 spiro atoms. The van der Waals surface area contributed by atoms with Crippen molar-refractivity contribution in [2.24, 2.45) is 5.16 Å². The Labute approximate surface area is 303 Å². The van der Waals surface area contributed by atoms with Crippen LogP contribution in [0.25, 0.3) is 17.2 Å². The summed E-state index contributed by atoms with van der Waals surface area (Å²) in [5.74, 6) is -1.62. The Bertz CT molecular complexity index is 2250. The fraction of sp³-hybridized carbons (Fsp3) is 0. The quantitative estimate of drug-likeness (QED) is 0.0840. The number of anilines is 3. The van der Waals surface area contributed by atoms with Gasteiger partial charge in [-0.15, -0.1) is 0 Å². The average Bonchev–Trinajstić information content (AvgIpc) is 3.97. The number of nitrogens with zero attached hydrogens (tertiary/aromatic N) is 11. The molecular formula is C26H19Br2ClF2N14O6. The molecule has 5 aromatic heterocycles. The molecule has 0 bridgehead atoms. The minimum Gasteiger partial charge on any atom is -0.410 e. The zero-order chi connectivity index (χ0) is 37.1. The molecule has 51 heavy (non-hydrogen) atoms. The molecule has 0 saturated carbocycles. The monoisotopic (exact) mass is 854 g/mol. The molecule has 25 heteroatoms. The molecule has 7 N–H and O–H groups in total. The Balaban J connectivity index is 0.000000162. The van der Waals surface area contributed by atoms with Gasteiger partial charge in [0.05, 0.1) is 14.6 Å². The summed E-state index contributed by atoms with van der Waals surface area (Å²) in [7, 11) is 0. The van der Waals surface area contributed by atoms with Gasteiger partial charge < -0.3 is 22.4 Å². The molecule has 0 aliphatic heterocycles. The summed E-state index contributed by atoms with van der Waals surface area (Å²) in [5.41, 5.74) is 16.8. The lowest BCUT2D eigenvalue weighted by Gasteiger charge is -2.03. The van der Waals surface area contributed by atoms with E-state index in [0.29, 0.717) is 15.8 Å². The molecule has 0 fully saturated rings. The highest BCUT2D eigenvalue weighted by molar-refractivity contribution is 9.10. The van der Waals surface area contributed by atoms with Crippen LogP contribution < -0.4 is 23.0 Å². The van der Waals surface area contributed by atoms with E-state index in [9.17, 15) is 18.4 Å². The summed E-state index contributed by atoms with van der Waals surface area (Å²) in [6.45, 7) is 0. The van der Waals surface area contributed by atoms with Crippen molar-refractivity contribution in [3.05, 3.63) is 111 Å². The van der Waals surface area contributed by atoms with E-state index in [0.717, 1.165) is 4.57 Å². The molecule has 0 radical (unpaired) electrons. The summed E-state index contributed by atoms with van der Waals surface area (Å²) >= 11 is 11.3. The van der Waals surface area contributed by atoms with E-state index in [1.165, 1.54) is 46.1 Å². The van der Waals surface area contributed by atoms with Crippen LogP contribution in [0.4, 0.5) is 30.9 Å². The topological polar surface area (TPSA) is 289 Å². The van der Waals surface area contributed by atoms with Crippen molar-refractivity contribution in [3.8, 4) is 17.2 Å². The average molecular weight is 857 g/mol. The van der Waals surface area contributed by atoms with E-state index in [4.69, 9.17) is 34.0 Å². The standard InChI is InChI=1S/C10H5BrFN5O3.C7H6N4O.C6H5BrFN.C3H3ClN4O2/c11-5-3-4(1-2-6(5)12)17-9(16-19-10(17)18)7-8(13)15-20-14-7;12-7(10-3-1-8-5-10)11-4-2-9-6-11;7-5-2-1-4(9)3-6(5)8;4-2(6-9)1-3(5)8-10-7-1/h1-3H,(H2,13,15);1-6H;1-3H,9H2;9H,(H2,5,8)/b;;;6-2-. The number of hydrogen-bond donors (Lipinski definition) is 4. The van der Waals surface area contributed by atoms with Gasteiger partial charge in [0.1, 0.15) is 24.3 Å². The van der Waals surface area contributed by atoms with Crippen LogP contribution in [0.5, 0.6) is 0 Å². The number of nitrogen functional groups attached to an aromatic ring is 3. The molecule has 0 aliphatic carbocycles. The maximum absolute atomic E-state index is 13.2. The van der Waals surface area contributed by atoms with Gasteiger partial charge in [0.15, 0.2) is 23.0 Å². The lowest BCUT2D eigenvalue weighted by atomic mass is 10.3. The lowest BCUT2D eigenvalue weighted by molar-refractivity contribution is 0.244. The van der Waals surface area contributed by atoms with Crippen LogP contribution in [-0.2, 0) is 0 Å². The van der Waals surface area contributed by atoms with Crippen molar-refractivity contribution in [2.45, 2.75) is 0 Å². The van der Waals surface area contributed by atoms with E-state index in [1.54, 1.807) is 36.9 Å². The third kappa shape index (κ3) is 9.67. The van der Waals surface area contributed by atoms with Gasteiger partial charge in [0.2, 0.25) is 11.0 Å². The Morgan fingerprint density at radius 2 is 1.49 bits per heavy atom. The SMILES string of the molecule is Nc1ccc(Br)c(F)c1.Nc1nonc1-c1noc(=O)n1-c1ccc(F)c(Br)c1.Nc1nonc1/C(Cl)=N/O.O=C(n1ccnc1)n1ccnc1. The maximum Gasteiger partial charge on any atom is 0.446 e. The van der Waals surface area contributed by atoms with Crippen LogP contribution in [0.15, 0.2) is 107 Å². The number of rotatable bonds is 3. The molecule has 7 rings (SSSR count). The van der Waals surface area contributed by atoms with Crippen molar-refractivity contribution in [3.63, 3.8) is 0 Å². The number of hydrogen-bond acceptors (Lipinski definition) is 17. The van der Waals surface area contributed by atoms with Crippen LogP contribution in [0.1, 0.15) is 5.69 Å². The van der Waals surface area contributed by atoms with Crippen molar-refractivity contribution in [2.75, 3.05) is 17.2 Å². The maximum atomic E-state index is 13.2. The van der Waals surface area contributed by atoms with Crippen LogP contribution in [0.3, 0.4) is 0 Å². The zero-order valence-electron chi connectivity index (χ0n) is 25.0. The third-order valence-electron chi connectivity index (χ3n) is 5.68. The number of carbonyl (C=O) groups is 1. The summed E-state index contributed by atoms with van der Waals surface area (Å²) in [6.07, 6.45) is 9.17. The highest BCUT2D eigenvalue weighted by Crippen LogP contribution is 2.24. The van der Waals surface area contributed by atoms with Crippen LogP contribution in [0, 0.1) is 11.6 Å². The predicted molar refractivity (Wildman–Crippen MR) is 180 cm³/mol. The first kappa shape index (κ1) is 37.5. The second kappa shape index (κ2) is 17.4. The summed E-state index contributed by atoms with van der Waals surface area (Å²) in [4.78, 5) is 30.7. The van der Waals surface area contributed by atoms with Crippen LogP contribution in [0.2, 0.25) is 0 Å². The van der Waals surface area contributed by atoms with E-state index in [-0.39, 0.29) is 50.3 Å². The van der Waals surface area contributed by atoms with Gasteiger partial charge in [-0.1, -0.05) is 21.9 Å². The van der Waals surface area contributed by atoms with Gasteiger partial charge in [0.25, 0.3) is 0 Å². The van der Waals surface area contributed by atoms with Crippen molar-refractivity contribution in [1.82, 2.24) is 49.5 Å². The lowest BCUT2D eigenvalue weighted by Crippen LogP contribution is -2.15. The second-order valence-electron chi connectivity index (χ2n) is 8.99. The predicted octanol–water partition coefficient (Wildman–Crippen LogP) is 4.15. The Morgan fingerprint density at radius 1 is 0.843 bits per heavy atom. The van der Waals surface area contributed by atoms with E-state index < -0.39 is 11.6 Å². The highest BCUT2D eigenvalue weighted by Gasteiger charge is 2.21. The molecule has 0 unspecified atom stereocenters. The first-order valence-electron chi connectivity index (χ1n) is 13.2. The Hall–Kier alpha value is -6.27. The summed E-state index contributed by atoms with van der Waals surface area (Å²) in [5, 5.41) is 27.5. The molecule has 0 aliphatic rings. The third-order valence-corrected chi connectivity index (χ3v) is 7.19. The van der Waals surface area contributed by atoms with Gasteiger partial charge in [-0.25, -0.2) is 42.2 Å². The minimum absolute atomic E-state index is 0.00672. The number of benzene rings is 2. The smallest absolute Gasteiger partial charge is 0.410 e. The second-order valence-corrected chi connectivity index (χ2v) is 11.1. The normalized spacial score (nSPS) is 10.6. The van der Waals surface area contributed by atoms with Gasteiger partial charge in [-0.05, 0) is 88.9 Å². The van der Waals surface area contributed by atoms with Crippen molar-refractivity contribution in [1.29, 1.82) is 0 Å². The molecule has 5 heterocycles. The first-order chi connectivity index (χ1) is 24.4. The number of halogens is 5. The first-order valence-corrected chi connectivity index (χ1v) is 15.2. The van der Waals surface area contributed by atoms with Gasteiger partial charge >= 0.3 is 11.8 Å². The van der Waals surface area contributed by atoms with Gasteiger partial charge in [-0.2, -0.15) is 0 Å². The summed E-state index contributed by atoms with van der Waals surface area (Å²) < 4.78 is 43.3. The number of aromatic nitrogens is 10. The largest absolute Gasteiger partial charge is 0.446 e. The number of nitrogens with two attached hydrogens (primary N) is 3. The molecular weight excluding hydrogens is 838 g/mol. The fourth-order valence-electron chi connectivity index (χ4n) is 3.38. The number of imidazole rings is 2. The highest BCUT2D eigenvalue weighted by atomic mass is 79.9. The minimum atomic E-state index is -0.777. The van der Waals surface area contributed by atoms with Crippen molar-refractivity contribution >= 4 is 72.0 Å². The Morgan fingerprint density at radius 3 is 1.98 bits per heavy atom. The van der Waals surface area contributed by atoms with E-state index >= 15 is 0 Å². The molecule has 2 aromatic carbocycles. The van der Waals surface area contributed by atoms with E-state index in [2.05, 4.69) is 86.5 Å². The molecule has 20 nitrogen and oxygen atoms in total. The molecule has 264 valence electrons. The molecule has 0 atom stereocenters. The summed E-state index contributed by atoms with van der Waals surface area (Å²) in [6, 6.07) is 8.24. The Kier molecular flexibility index (Phi) is 12.8. The fourth-order valence-corrected chi connectivity index (χ4v) is 4.12. The number of oxime groups is 1. The van der Waals surface area contributed by atoms with E-state index in [1.807, 2.05) is 0 Å². The van der Waals surface area contributed by atoms with Gasteiger partial charge in [0, 0.05) is 30.5 Å². The molecule has 7 aromatic rings. The van der Waals surface area contributed by atoms with Gasteiger partial charge in [-0.3, -0.25) is 13.7 Å². The molecule has 0 amide bonds. The van der Waals surface area contributed by atoms with Crippen molar-refractivity contribution < 1.29 is 32.6 Å². The number of carbonyl (C=O) groups excluding carboxylic acids is 1. The van der Waals surface area contributed by atoms with Crippen LogP contribution >= 0.6 is 43.5 Å².